The van der Waals surface area contributed by atoms with Gasteiger partial charge in [0.15, 0.2) is 0 Å². The third-order valence-corrected chi connectivity index (χ3v) is 4.19. The van der Waals surface area contributed by atoms with Gasteiger partial charge in [-0.15, -0.1) is 0 Å². The maximum Gasteiger partial charge on any atom is 0.119 e. The van der Waals surface area contributed by atoms with E-state index in [0.717, 1.165) is 18.3 Å². The van der Waals surface area contributed by atoms with Crippen LogP contribution in [0.1, 0.15) is 58.1 Å². The predicted octanol–water partition coefficient (Wildman–Crippen LogP) is 4.31. The molecule has 1 unspecified atom stereocenters. The molecule has 0 radical (unpaired) electrons. The molecular formula is C17H27NO. The average Bonchev–Trinajstić information content (AvgIpc) is 2.42. The molecule has 2 nitrogen and oxygen atoms in total. The van der Waals surface area contributed by atoms with Crippen molar-refractivity contribution in [2.24, 2.45) is 5.92 Å². The minimum Gasteiger partial charge on any atom is -0.494 e. The summed E-state index contributed by atoms with van der Waals surface area (Å²) >= 11 is 0. The van der Waals surface area contributed by atoms with Crippen molar-refractivity contribution in [3.05, 3.63) is 29.8 Å². The van der Waals surface area contributed by atoms with E-state index in [0.29, 0.717) is 12.1 Å². The molecule has 0 spiro atoms. The van der Waals surface area contributed by atoms with Gasteiger partial charge in [0.1, 0.15) is 5.75 Å². The second-order valence-electron chi connectivity index (χ2n) is 5.85. The van der Waals surface area contributed by atoms with Crippen LogP contribution in [0.4, 0.5) is 0 Å². The molecule has 1 atom stereocenters. The fourth-order valence-electron chi connectivity index (χ4n) is 2.90. The van der Waals surface area contributed by atoms with E-state index in [1.165, 1.54) is 31.2 Å². The third-order valence-electron chi connectivity index (χ3n) is 4.19. The lowest BCUT2D eigenvalue weighted by molar-refractivity contribution is 0.291. The van der Waals surface area contributed by atoms with Gasteiger partial charge in [-0.1, -0.05) is 19.1 Å². The molecular weight excluding hydrogens is 234 g/mol. The maximum absolute atomic E-state index is 5.48. The van der Waals surface area contributed by atoms with Gasteiger partial charge >= 0.3 is 0 Å². The van der Waals surface area contributed by atoms with Crippen molar-refractivity contribution >= 4 is 0 Å². The predicted molar refractivity (Wildman–Crippen MR) is 80.6 cm³/mol. The summed E-state index contributed by atoms with van der Waals surface area (Å²) in [6.45, 7) is 7.37. The first-order valence-corrected chi connectivity index (χ1v) is 7.67. The first-order valence-electron chi connectivity index (χ1n) is 7.67. The van der Waals surface area contributed by atoms with Crippen molar-refractivity contribution in [2.45, 2.75) is 58.5 Å². The minimum atomic E-state index is 0.425. The molecule has 0 amide bonds. The van der Waals surface area contributed by atoms with Crippen LogP contribution in [0.15, 0.2) is 24.3 Å². The Balaban J connectivity index is 1.86. The molecule has 1 fully saturated rings. The van der Waals surface area contributed by atoms with Gasteiger partial charge in [-0.2, -0.15) is 0 Å². The molecule has 1 N–H and O–H groups in total. The van der Waals surface area contributed by atoms with E-state index < -0.39 is 0 Å². The summed E-state index contributed by atoms with van der Waals surface area (Å²) < 4.78 is 5.48. The van der Waals surface area contributed by atoms with E-state index in [1.807, 2.05) is 6.92 Å². The first kappa shape index (κ1) is 14.4. The highest BCUT2D eigenvalue weighted by atomic mass is 16.5. The van der Waals surface area contributed by atoms with Gasteiger partial charge in [0.05, 0.1) is 6.61 Å². The summed E-state index contributed by atoms with van der Waals surface area (Å²) in [5.74, 6) is 1.88. The van der Waals surface area contributed by atoms with E-state index in [4.69, 9.17) is 4.74 Å². The Bertz CT molecular complexity index is 365. The summed E-state index contributed by atoms with van der Waals surface area (Å²) in [6.07, 6.45) is 5.38. The van der Waals surface area contributed by atoms with E-state index in [9.17, 15) is 0 Å². The molecule has 0 bridgehead atoms. The first-order chi connectivity index (χ1) is 9.19. The van der Waals surface area contributed by atoms with Crippen molar-refractivity contribution in [3.63, 3.8) is 0 Å². The molecule has 0 heterocycles. The zero-order chi connectivity index (χ0) is 13.7. The number of nitrogens with one attached hydrogen (secondary N) is 1. The van der Waals surface area contributed by atoms with Crippen LogP contribution in [0.25, 0.3) is 0 Å². The van der Waals surface area contributed by atoms with Gasteiger partial charge in [-0.25, -0.2) is 0 Å². The molecule has 1 aromatic rings. The summed E-state index contributed by atoms with van der Waals surface area (Å²) in [5.41, 5.74) is 1.35. The zero-order valence-electron chi connectivity index (χ0n) is 12.5. The van der Waals surface area contributed by atoms with Gasteiger partial charge in [-0.3, -0.25) is 0 Å². The lowest BCUT2D eigenvalue weighted by Crippen LogP contribution is -2.34. The quantitative estimate of drug-likeness (QED) is 0.852. The van der Waals surface area contributed by atoms with Gasteiger partial charge in [0, 0.05) is 12.1 Å². The summed E-state index contributed by atoms with van der Waals surface area (Å²) in [7, 11) is 0. The molecule has 2 rings (SSSR count). The molecule has 0 saturated heterocycles. The molecule has 106 valence electrons. The molecule has 1 aromatic carbocycles. The molecule has 1 saturated carbocycles. The number of hydrogen-bond donors (Lipinski definition) is 1. The fourth-order valence-corrected chi connectivity index (χ4v) is 2.90. The number of rotatable bonds is 5. The van der Waals surface area contributed by atoms with Crippen LogP contribution in [0, 0.1) is 5.92 Å². The second kappa shape index (κ2) is 6.95. The Hall–Kier alpha value is -1.02. The minimum absolute atomic E-state index is 0.425. The molecule has 0 aliphatic heterocycles. The highest BCUT2D eigenvalue weighted by Gasteiger charge is 2.19. The number of benzene rings is 1. The van der Waals surface area contributed by atoms with Crippen LogP contribution >= 0.6 is 0 Å². The Morgan fingerprint density at radius 2 is 1.79 bits per heavy atom. The SMILES string of the molecule is CCOc1ccc(C(C)NC2CCC(C)CC2)cc1. The normalized spacial score (nSPS) is 25.0. The summed E-state index contributed by atoms with van der Waals surface area (Å²) in [5, 5.41) is 3.77. The second-order valence-corrected chi connectivity index (χ2v) is 5.85. The van der Waals surface area contributed by atoms with Crippen molar-refractivity contribution in [1.82, 2.24) is 5.32 Å². The summed E-state index contributed by atoms with van der Waals surface area (Å²) in [4.78, 5) is 0. The van der Waals surface area contributed by atoms with E-state index in [-0.39, 0.29) is 0 Å². The monoisotopic (exact) mass is 261 g/mol. The molecule has 2 heteroatoms. The van der Waals surface area contributed by atoms with Crippen molar-refractivity contribution in [2.75, 3.05) is 6.61 Å². The van der Waals surface area contributed by atoms with E-state index in [1.54, 1.807) is 0 Å². The highest BCUT2D eigenvalue weighted by Crippen LogP contribution is 2.26. The van der Waals surface area contributed by atoms with E-state index in [2.05, 4.69) is 43.4 Å². The molecule has 0 aromatic heterocycles. The van der Waals surface area contributed by atoms with Crippen molar-refractivity contribution < 1.29 is 4.74 Å². The lowest BCUT2D eigenvalue weighted by atomic mass is 9.87. The Labute approximate surface area is 117 Å². The van der Waals surface area contributed by atoms with Gasteiger partial charge in [0.25, 0.3) is 0 Å². The summed E-state index contributed by atoms with van der Waals surface area (Å²) in [6, 6.07) is 9.61. The largest absolute Gasteiger partial charge is 0.494 e. The molecule has 19 heavy (non-hydrogen) atoms. The number of hydrogen-bond acceptors (Lipinski definition) is 2. The van der Waals surface area contributed by atoms with Gasteiger partial charge in [-0.05, 0) is 63.1 Å². The third kappa shape index (κ3) is 4.24. The maximum atomic E-state index is 5.48. The van der Waals surface area contributed by atoms with E-state index >= 15 is 0 Å². The van der Waals surface area contributed by atoms with Gasteiger partial charge < -0.3 is 10.1 Å². The van der Waals surface area contributed by atoms with Crippen LogP contribution < -0.4 is 10.1 Å². The van der Waals surface area contributed by atoms with Crippen molar-refractivity contribution in [3.8, 4) is 5.75 Å². The van der Waals surface area contributed by atoms with Gasteiger partial charge in [0.2, 0.25) is 0 Å². The molecule has 1 aliphatic carbocycles. The Kier molecular flexibility index (Phi) is 5.26. The van der Waals surface area contributed by atoms with Crippen LogP contribution in [0.2, 0.25) is 0 Å². The standard InChI is InChI=1S/C17H27NO/c1-4-19-17-11-7-15(8-12-17)14(3)18-16-9-5-13(2)6-10-16/h7-8,11-14,16,18H,4-6,9-10H2,1-3H3. The Morgan fingerprint density at radius 3 is 2.37 bits per heavy atom. The lowest BCUT2D eigenvalue weighted by Gasteiger charge is -2.29. The zero-order valence-corrected chi connectivity index (χ0v) is 12.5. The van der Waals surface area contributed by atoms with Crippen LogP contribution in [0.3, 0.4) is 0 Å². The van der Waals surface area contributed by atoms with Crippen LogP contribution in [-0.4, -0.2) is 12.6 Å². The smallest absolute Gasteiger partial charge is 0.119 e. The highest BCUT2D eigenvalue weighted by molar-refractivity contribution is 5.29. The molecule has 1 aliphatic rings. The van der Waals surface area contributed by atoms with Crippen LogP contribution in [-0.2, 0) is 0 Å². The Morgan fingerprint density at radius 1 is 1.16 bits per heavy atom. The van der Waals surface area contributed by atoms with Crippen LogP contribution in [0.5, 0.6) is 5.75 Å². The average molecular weight is 261 g/mol. The number of ether oxygens (including phenoxy) is 1. The fraction of sp³-hybridized carbons (Fsp3) is 0.647. The topological polar surface area (TPSA) is 21.3 Å². The van der Waals surface area contributed by atoms with Crippen molar-refractivity contribution in [1.29, 1.82) is 0 Å².